The first-order valence-corrected chi connectivity index (χ1v) is 10.4. The van der Waals surface area contributed by atoms with Crippen LogP contribution in [0.2, 0.25) is 0 Å². The van der Waals surface area contributed by atoms with Crippen molar-refractivity contribution in [3.05, 3.63) is 83.7 Å². The molecule has 168 valence electrons. The van der Waals surface area contributed by atoms with E-state index in [1.165, 1.54) is 23.0 Å². The quantitative estimate of drug-likeness (QED) is 0.372. The van der Waals surface area contributed by atoms with Crippen LogP contribution in [-0.2, 0) is 27.3 Å². The molecule has 32 heavy (non-hydrogen) atoms. The summed E-state index contributed by atoms with van der Waals surface area (Å²) >= 11 is 0. The molecule has 1 amide bonds. The number of benzene rings is 2. The molecule has 3 rings (SSSR count). The number of para-hydroxylation sites is 1. The van der Waals surface area contributed by atoms with Gasteiger partial charge in [0.05, 0.1) is 19.3 Å². The van der Waals surface area contributed by atoms with Crippen LogP contribution in [0.15, 0.2) is 60.9 Å². The van der Waals surface area contributed by atoms with E-state index in [-0.39, 0.29) is 31.0 Å². The Morgan fingerprint density at radius 2 is 1.88 bits per heavy atom. The van der Waals surface area contributed by atoms with Crippen molar-refractivity contribution in [3.8, 4) is 0 Å². The Balaban J connectivity index is 1.80. The van der Waals surface area contributed by atoms with Crippen molar-refractivity contribution in [1.29, 1.82) is 0 Å². The van der Waals surface area contributed by atoms with E-state index >= 15 is 0 Å². The van der Waals surface area contributed by atoms with E-state index in [0.717, 1.165) is 6.07 Å². The third kappa shape index (κ3) is 5.57. The molecule has 1 unspecified atom stereocenters. The summed E-state index contributed by atoms with van der Waals surface area (Å²) in [6.45, 7) is 4.16. The van der Waals surface area contributed by atoms with Crippen LogP contribution < -0.4 is 4.90 Å². The Morgan fingerprint density at radius 3 is 2.53 bits per heavy atom. The normalized spacial score (nSPS) is 11.8. The van der Waals surface area contributed by atoms with Crippen molar-refractivity contribution in [1.82, 2.24) is 9.78 Å². The van der Waals surface area contributed by atoms with E-state index in [9.17, 15) is 18.4 Å². The van der Waals surface area contributed by atoms with Gasteiger partial charge in [-0.3, -0.25) is 14.3 Å². The van der Waals surface area contributed by atoms with Gasteiger partial charge in [0.2, 0.25) is 5.91 Å². The maximum Gasteiger partial charge on any atom is 0.318 e. The van der Waals surface area contributed by atoms with Gasteiger partial charge in [0.25, 0.3) is 0 Å². The van der Waals surface area contributed by atoms with Gasteiger partial charge in [0.1, 0.15) is 17.6 Å². The zero-order valence-electron chi connectivity index (χ0n) is 18.0. The molecule has 0 bridgehead atoms. The molecule has 0 spiro atoms. The van der Waals surface area contributed by atoms with E-state index in [1.54, 1.807) is 30.2 Å². The molecule has 0 fully saturated rings. The SMILES string of the molecule is CCOC(=O)C(Cc1cnn(Cc2ccc(F)cc2F)c1)C(=O)N(CC)c1ccccc1. The van der Waals surface area contributed by atoms with Gasteiger partial charge in [0.15, 0.2) is 0 Å². The summed E-state index contributed by atoms with van der Waals surface area (Å²) in [6.07, 6.45) is 3.26. The molecule has 0 radical (unpaired) electrons. The number of anilines is 1. The monoisotopic (exact) mass is 441 g/mol. The van der Waals surface area contributed by atoms with Gasteiger partial charge < -0.3 is 9.64 Å². The number of hydrogen-bond acceptors (Lipinski definition) is 4. The minimum atomic E-state index is -1.05. The second-order valence-corrected chi connectivity index (χ2v) is 7.21. The molecule has 0 saturated heterocycles. The maximum atomic E-state index is 13.9. The fourth-order valence-corrected chi connectivity index (χ4v) is 3.43. The lowest BCUT2D eigenvalue weighted by Crippen LogP contribution is -2.41. The van der Waals surface area contributed by atoms with Crippen LogP contribution in [0.25, 0.3) is 0 Å². The number of esters is 1. The third-order valence-corrected chi connectivity index (χ3v) is 4.99. The number of carbonyl (C=O) groups excluding carboxylic acids is 2. The second kappa shape index (κ2) is 10.7. The van der Waals surface area contributed by atoms with Gasteiger partial charge in [-0.15, -0.1) is 0 Å². The summed E-state index contributed by atoms with van der Waals surface area (Å²) < 4.78 is 33.7. The molecule has 3 aromatic rings. The van der Waals surface area contributed by atoms with Gasteiger partial charge >= 0.3 is 5.97 Å². The van der Waals surface area contributed by atoms with Crippen molar-refractivity contribution >= 4 is 17.6 Å². The van der Waals surface area contributed by atoms with Crippen molar-refractivity contribution in [2.45, 2.75) is 26.8 Å². The molecule has 1 atom stereocenters. The molecular formula is C24H25F2N3O3. The first-order chi connectivity index (χ1) is 15.4. The highest BCUT2D eigenvalue weighted by Crippen LogP contribution is 2.20. The van der Waals surface area contributed by atoms with E-state index < -0.39 is 23.5 Å². The van der Waals surface area contributed by atoms with Crippen molar-refractivity contribution < 1.29 is 23.1 Å². The Hall–Kier alpha value is -3.55. The Kier molecular flexibility index (Phi) is 7.70. The number of amides is 1. The fraction of sp³-hybridized carbons (Fsp3) is 0.292. The highest BCUT2D eigenvalue weighted by atomic mass is 19.1. The number of carbonyl (C=O) groups is 2. The zero-order chi connectivity index (χ0) is 23.1. The van der Waals surface area contributed by atoms with E-state index in [1.807, 2.05) is 25.1 Å². The average Bonchev–Trinajstić information content (AvgIpc) is 3.22. The number of halogens is 2. The summed E-state index contributed by atoms with van der Waals surface area (Å²) in [5.41, 5.74) is 1.60. The molecule has 2 aromatic carbocycles. The topological polar surface area (TPSA) is 64.4 Å². The highest BCUT2D eigenvalue weighted by Gasteiger charge is 2.32. The van der Waals surface area contributed by atoms with Crippen molar-refractivity contribution in [3.63, 3.8) is 0 Å². The molecular weight excluding hydrogens is 416 g/mol. The Bertz CT molecular complexity index is 1070. The Morgan fingerprint density at radius 1 is 1.12 bits per heavy atom. The minimum absolute atomic E-state index is 0.0902. The van der Waals surface area contributed by atoms with Crippen LogP contribution >= 0.6 is 0 Å². The minimum Gasteiger partial charge on any atom is -0.465 e. The predicted molar refractivity (Wildman–Crippen MR) is 116 cm³/mol. The summed E-state index contributed by atoms with van der Waals surface area (Å²) in [4.78, 5) is 27.5. The van der Waals surface area contributed by atoms with Crippen LogP contribution in [-0.4, -0.2) is 34.8 Å². The number of aromatic nitrogens is 2. The predicted octanol–water partition coefficient (Wildman–Crippen LogP) is 3.98. The number of rotatable bonds is 9. The van der Waals surface area contributed by atoms with Gasteiger partial charge in [-0.25, -0.2) is 8.78 Å². The van der Waals surface area contributed by atoms with Crippen molar-refractivity contribution in [2.24, 2.45) is 5.92 Å². The summed E-state index contributed by atoms with van der Waals surface area (Å²) in [6, 6.07) is 12.5. The molecule has 0 aliphatic heterocycles. The Labute approximate surface area is 185 Å². The number of ether oxygens (including phenoxy) is 1. The molecule has 0 N–H and O–H groups in total. The van der Waals surface area contributed by atoms with Gasteiger partial charge in [-0.05, 0) is 44.0 Å². The van der Waals surface area contributed by atoms with Gasteiger partial charge in [-0.1, -0.05) is 24.3 Å². The van der Waals surface area contributed by atoms with E-state index in [2.05, 4.69) is 5.10 Å². The molecule has 1 aromatic heterocycles. The first kappa shape index (κ1) is 23.1. The molecule has 8 heteroatoms. The van der Waals surface area contributed by atoms with Crippen LogP contribution in [0.5, 0.6) is 0 Å². The maximum absolute atomic E-state index is 13.9. The molecule has 1 heterocycles. The van der Waals surface area contributed by atoms with Crippen LogP contribution in [0, 0.1) is 17.6 Å². The van der Waals surface area contributed by atoms with E-state index in [4.69, 9.17) is 4.74 Å². The van der Waals surface area contributed by atoms with E-state index in [0.29, 0.717) is 17.8 Å². The number of hydrogen-bond donors (Lipinski definition) is 0. The number of nitrogens with zero attached hydrogens (tertiary/aromatic N) is 3. The first-order valence-electron chi connectivity index (χ1n) is 10.4. The summed E-state index contributed by atoms with van der Waals surface area (Å²) in [7, 11) is 0. The smallest absolute Gasteiger partial charge is 0.318 e. The highest BCUT2D eigenvalue weighted by molar-refractivity contribution is 6.06. The zero-order valence-corrected chi connectivity index (χ0v) is 18.0. The van der Waals surface area contributed by atoms with Gasteiger partial charge in [-0.2, -0.15) is 5.10 Å². The standard InChI is InChI=1S/C24H25F2N3O3/c1-3-29(20-8-6-5-7-9-20)23(30)21(24(31)32-4-2)12-17-14-27-28(15-17)16-18-10-11-19(25)13-22(18)26/h5-11,13-15,21H,3-4,12,16H2,1-2H3. The average molecular weight is 441 g/mol. The molecule has 0 aliphatic rings. The lowest BCUT2D eigenvalue weighted by Gasteiger charge is -2.25. The van der Waals surface area contributed by atoms with Gasteiger partial charge in [0, 0.05) is 30.1 Å². The third-order valence-electron chi connectivity index (χ3n) is 4.99. The second-order valence-electron chi connectivity index (χ2n) is 7.21. The summed E-state index contributed by atoms with van der Waals surface area (Å²) in [5, 5.41) is 4.20. The lowest BCUT2D eigenvalue weighted by molar-refractivity contribution is -0.151. The summed E-state index contributed by atoms with van der Waals surface area (Å²) in [5.74, 6) is -3.33. The fourth-order valence-electron chi connectivity index (χ4n) is 3.43. The van der Waals surface area contributed by atoms with Crippen molar-refractivity contribution in [2.75, 3.05) is 18.1 Å². The van der Waals surface area contributed by atoms with Crippen LogP contribution in [0.1, 0.15) is 25.0 Å². The molecule has 6 nitrogen and oxygen atoms in total. The molecule has 0 saturated carbocycles. The molecule has 0 aliphatic carbocycles. The van der Waals surface area contributed by atoms with Crippen LogP contribution in [0.4, 0.5) is 14.5 Å². The lowest BCUT2D eigenvalue weighted by atomic mass is 9.99. The largest absolute Gasteiger partial charge is 0.465 e. The van der Waals surface area contributed by atoms with Crippen LogP contribution in [0.3, 0.4) is 0 Å².